The third kappa shape index (κ3) is 2.79. The molecular weight excluding hydrogens is 192 g/mol. The van der Waals surface area contributed by atoms with E-state index < -0.39 is 0 Å². The summed E-state index contributed by atoms with van der Waals surface area (Å²) >= 11 is 0. The van der Waals surface area contributed by atoms with Crippen LogP contribution >= 0.6 is 0 Å². The van der Waals surface area contributed by atoms with E-state index >= 15 is 0 Å². The summed E-state index contributed by atoms with van der Waals surface area (Å²) in [5.41, 5.74) is 5.55. The molecule has 1 aromatic rings. The minimum Gasteiger partial charge on any atom is -0.460 e. The number of piperidine rings is 1. The van der Waals surface area contributed by atoms with Crippen LogP contribution < -0.4 is 10.5 Å². The van der Waals surface area contributed by atoms with Gasteiger partial charge in [-0.15, -0.1) is 0 Å². The highest BCUT2D eigenvalue weighted by Gasteiger charge is 2.18. The van der Waals surface area contributed by atoms with E-state index in [1.165, 1.54) is 0 Å². The number of likely N-dealkylation sites (tertiary alicyclic amines) is 1. The van der Waals surface area contributed by atoms with Gasteiger partial charge in [-0.2, -0.15) is 4.98 Å². The number of rotatable bonds is 2. The normalized spacial score (nSPS) is 19.0. The summed E-state index contributed by atoms with van der Waals surface area (Å²) in [7, 11) is 2.12. The Balaban J connectivity index is 1.92. The van der Waals surface area contributed by atoms with E-state index in [0.29, 0.717) is 11.8 Å². The minimum atomic E-state index is 0.225. The number of ether oxygens (including phenoxy) is 1. The first kappa shape index (κ1) is 10.2. The summed E-state index contributed by atoms with van der Waals surface area (Å²) in [5, 5.41) is 0. The second kappa shape index (κ2) is 4.44. The van der Waals surface area contributed by atoms with Crippen molar-refractivity contribution in [3.63, 3.8) is 0 Å². The van der Waals surface area contributed by atoms with Gasteiger partial charge in [-0.05, 0) is 26.0 Å². The molecule has 0 spiro atoms. The van der Waals surface area contributed by atoms with E-state index in [1.807, 2.05) is 0 Å². The molecule has 1 fully saturated rings. The second-order valence-corrected chi connectivity index (χ2v) is 3.88. The predicted octanol–water partition coefficient (Wildman–Crippen LogP) is 0.532. The highest BCUT2D eigenvalue weighted by molar-refractivity contribution is 5.26. The van der Waals surface area contributed by atoms with Crippen molar-refractivity contribution < 1.29 is 4.74 Å². The summed E-state index contributed by atoms with van der Waals surface area (Å²) in [5.74, 6) is 0.452. The molecule has 1 aliphatic rings. The summed E-state index contributed by atoms with van der Waals surface area (Å²) in [6.45, 7) is 2.12. The van der Waals surface area contributed by atoms with E-state index in [4.69, 9.17) is 10.5 Å². The van der Waals surface area contributed by atoms with E-state index in [2.05, 4.69) is 21.9 Å². The molecule has 2 rings (SSSR count). The monoisotopic (exact) mass is 208 g/mol. The van der Waals surface area contributed by atoms with Crippen molar-refractivity contribution in [3.05, 3.63) is 12.3 Å². The zero-order valence-corrected chi connectivity index (χ0v) is 8.89. The average Bonchev–Trinajstić information content (AvgIpc) is 2.22. The fourth-order valence-electron chi connectivity index (χ4n) is 1.66. The Hall–Kier alpha value is -1.36. The molecule has 15 heavy (non-hydrogen) atoms. The molecule has 82 valence electrons. The molecule has 0 amide bonds. The van der Waals surface area contributed by atoms with Gasteiger partial charge in [0.2, 0.25) is 0 Å². The zero-order chi connectivity index (χ0) is 10.7. The van der Waals surface area contributed by atoms with E-state index in [0.717, 1.165) is 25.9 Å². The van der Waals surface area contributed by atoms with Crippen LogP contribution in [-0.2, 0) is 0 Å². The lowest BCUT2D eigenvalue weighted by atomic mass is 10.1. The molecule has 5 heteroatoms. The number of hydrogen-bond acceptors (Lipinski definition) is 5. The highest BCUT2D eigenvalue weighted by atomic mass is 16.5. The Labute approximate surface area is 89.3 Å². The van der Waals surface area contributed by atoms with Crippen LogP contribution in [0.25, 0.3) is 0 Å². The van der Waals surface area contributed by atoms with Gasteiger partial charge in [0.05, 0.1) is 0 Å². The molecule has 0 aliphatic carbocycles. The number of nitrogen functional groups attached to an aromatic ring is 1. The summed E-state index contributed by atoms with van der Waals surface area (Å²) in [4.78, 5) is 10.3. The quantitative estimate of drug-likeness (QED) is 0.768. The van der Waals surface area contributed by atoms with Gasteiger partial charge in [-0.1, -0.05) is 0 Å². The van der Waals surface area contributed by atoms with Crippen molar-refractivity contribution in [3.8, 4) is 6.01 Å². The van der Waals surface area contributed by atoms with Crippen LogP contribution in [0.2, 0.25) is 0 Å². The van der Waals surface area contributed by atoms with Gasteiger partial charge in [0.25, 0.3) is 0 Å². The molecule has 1 saturated heterocycles. The van der Waals surface area contributed by atoms with Crippen molar-refractivity contribution in [1.82, 2.24) is 14.9 Å². The van der Waals surface area contributed by atoms with Crippen molar-refractivity contribution >= 4 is 5.82 Å². The molecule has 2 heterocycles. The number of aromatic nitrogens is 2. The number of anilines is 1. The Bertz CT molecular complexity index is 323. The molecule has 0 saturated carbocycles. The summed E-state index contributed by atoms with van der Waals surface area (Å²) in [6, 6.07) is 2.05. The van der Waals surface area contributed by atoms with Crippen LogP contribution in [-0.4, -0.2) is 41.1 Å². The first-order valence-electron chi connectivity index (χ1n) is 5.18. The van der Waals surface area contributed by atoms with E-state index in [9.17, 15) is 0 Å². The Morgan fingerprint density at radius 1 is 1.47 bits per heavy atom. The van der Waals surface area contributed by atoms with Crippen LogP contribution in [0, 0.1) is 0 Å². The van der Waals surface area contributed by atoms with Gasteiger partial charge in [-0.3, -0.25) is 0 Å². The molecule has 0 atom stereocenters. The summed E-state index contributed by atoms with van der Waals surface area (Å²) < 4.78 is 5.66. The Kier molecular flexibility index (Phi) is 3.01. The average molecular weight is 208 g/mol. The maximum absolute atomic E-state index is 5.66. The van der Waals surface area contributed by atoms with Gasteiger partial charge < -0.3 is 15.4 Å². The molecule has 2 N–H and O–H groups in total. The van der Waals surface area contributed by atoms with Crippen molar-refractivity contribution in [2.75, 3.05) is 25.9 Å². The van der Waals surface area contributed by atoms with Gasteiger partial charge in [0.15, 0.2) is 0 Å². The lowest BCUT2D eigenvalue weighted by Gasteiger charge is -2.28. The molecule has 1 aromatic heterocycles. The molecule has 0 aromatic carbocycles. The maximum atomic E-state index is 5.66. The van der Waals surface area contributed by atoms with Crippen LogP contribution in [0.15, 0.2) is 12.3 Å². The first-order valence-corrected chi connectivity index (χ1v) is 5.18. The number of hydrogen-bond donors (Lipinski definition) is 1. The number of nitrogens with zero attached hydrogens (tertiary/aromatic N) is 3. The Morgan fingerprint density at radius 3 is 2.87 bits per heavy atom. The van der Waals surface area contributed by atoms with Crippen molar-refractivity contribution in [2.24, 2.45) is 0 Å². The fourth-order valence-corrected chi connectivity index (χ4v) is 1.66. The zero-order valence-electron chi connectivity index (χ0n) is 8.89. The molecular formula is C10H16N4O. The van der Waals surface area contributed by atoms with Crippen LogP contribution in [0.5, 0.6) is 6.01 Å². The van der Waals surface area contributed by atoms with Crippen molar-refractivity contribution in [2.45, 2.75) is 18.9 Å². The fraction of sp³-hybridized carbons (Fsp3) is 0.600. The molecule has 1 aliphatic heterocycles. The van der Waals surface area contributed by atoms with Crippen LogP contribution in [0.1, 0.15) is 12.8 Å². The van der Waals surface area contributed by atoms with Crippen LogP contribution in [0.3, 0.4) is 0 Å². The Morgan fingerprint density at radius 2 is 2.20 bits per heavy atom. The second-order valence-electron chi connectivity index (χ2n) is 3.88. The van der Waals surface area contributed by atoms with Gasteiger partial charge in [0, 0.05) is 19.3 Å². The predicted molar refractivity (Wildman–Crippen MR) is 57.6 cm³/mol. The van der Waals surface area contributed by atoms with Gasteiger partial charge >= 0.3 is 6.01 Å². The third-order valence-electron chi connectivity index (χ3n) is 2.59. The van der Waals surface area contributed by atoms with E-state index in [-0.39, 0.29) is 6.10 Å². The molecule has 5 nitrogen and oxygen atoms in total. The van der Waals surface area contributed by atoms with Gasteiger partial charge in [-0.25, -0.2) is 4.98 Å². The van der Waals surface area contributed by atoms with Gasteiger partial charge in [0.1, 0.15) is 11.9 Å². The number of nitrogens with two attached hydrogens (primary N) is 1. The molecule has 0 bridgehead atoms. The lowest BCUT2D eigenvalue weighted by Crippen LogP contribution is -2.35. The first-order chi connectivity index (χ1) is 7.24. The smallest absolute Gasteiger partial charge is 0.318 e. The highest BCUT2D eigenvalue weighted by Crippen LogP contribution is 2.15. The third-order valence-corrected chi connectivity index (χ3v) is 2.59. The van der Waals surface area contributed by atoms with Crippen molar-refractivity contribution in [1.29, 1.82) is 0 Å². The largest absolute Gasteiger partial charge is 0.460 e. The van der Waals surface area contributed by atoms with Crippen LogP contribution in [0.4, 0.5) is 5.82 Å². The summed E-state index contributed by atoms with van der Waals surface area (Å²) in [6.07, 6.45) is 3.89. The van der Waals surface area contributed by atoms with E-state index in [1.54, 1.807) is 12.3 Å². The lowest BCUT2D eigenvalue weighted by molar-refractivity contribution is 0.105. The molecule has 0 radical (unpaired) electrons. The maximum Gasteiger partial charge on any atom is 0.318 e. The topological polar surface area (TPSA) is 64.3 Å². The minimum absolute atomic E-state index is 0.225. The standard InChI is InChI=1S/C10H16N4O/c1-14-6-3-8(4-7-14)15-10-12-5-2-9(11)13-10/h2,5,8H,3-4,6-7H2,1H3,(H2,11,12,13). The SMILES string of the molecule is CN1CCC(Oc2nccc(N)n2)CC1. The molecule has 0 unspecified atom stereocenters.